The maximum Gasteiger partial charge on any atom is 0.275 e. The molecule has 1 N–H and O–H groups in total. The second-order valence-corrected chi connectivity index (χ2v) is 12.6. The molecule has 2 amide bonds. The topological polar surface area (TPSA) is 59.1 Å². The molecule has 3 saturated heterocycles. The highest BCUT2D eigenvalue weighted by atomic mass is 35.5. The summed E-state index contributed by atoms with van der Waals surface area (Å²) in [6.07, 6.45) is 1.13. The first-order valence-corrected chi connectivity index (χ1v) is 15.3. The van der Waals surface area contributed by atoms with Gasteiger partial charge in [-0.1, -0.05) is 47.5 Å². The molecule has 3 atom stereocenters. The van der Waals surface area contributed by atoms with Gasteiger partial charge in [0.15, 0.2) is 0 Å². The van der Waals surface area contributed by atoms with Crippen molar-refractivity contribution in [3.8, 4) is 0 Å². The number of hydrogen-bond acceptors (Lipinski definition) is 7. The van der Waals surface area contributed by atoms with E-state index >= 15 is 8.78 Å². The number of anilines is 1. The normalized spacial score (nSPS) is 27.6. The number of imide groups is 1. The predicted octanol–water partition coefficient (Wildman–Crippen LogP) is 4.57. The van der Waals surface area contributed by atoms with Crippen LogP contribution in [0.4, 0.5) is 14.5 Å². The van der Waals surface area contributed by atoms with Gasteiger partial charge in [0.25, 0.3) is 5.92 Å². The molecular weight excluding hydrogens is 591 g/mol. The Balaban J connectivity index is 1.09. The average molecular weight is 625 g/mol. The number of fused-ring (bicyclic) bond motifs is 1. The van der Waals surface area contributed by atoms with Crippen LogP contribution in [0.1, 0.15) is 41.3 Å². The van der Waals surface area contributed by atoms with E-state index < -0.39 is 18.0 Å². The summed E-state index contributed by atoms with van der Waals surface area (Å²) in [4.78, 5) is 32.0. The molecular formula is C29H33Cl2F2N5O2S. The Kier molecular flexibility index (Phi) is 8.26. The molecule has 7 nitrogen and oxygen atoms in total. The lowest BCUT2D eigenvalue weighted by molar-refractivity contribution is -0.137. The van der Waals surface area contributed by atoms with E-state index in [0.29, 0.717) is 75.1 Å². The fourth-order valence-corrected chi connectivity index (χ4v) is 7.70. The summed E-state index contributed by atoms with van der Waals surface area (Å²) in [5.41, 5.74) is 3.86. The van der Waals surface area contributed by atoms with E-state index in [9.17, 15) is 9.59 Å². The monoisotopic (exact) mass is 623 g/mol. The van der Waals surface area contributed by atoms with Crippen molar-refractivity contribution in [2.24, 2.45) is 0 Å². The predicted molar refractivity (Wildman–Crippen MR) is 159 cm³/mol. The van der Waals surface area contributed by atoms with Gasteiger partial charge in [0, 0.05) is 52.2 Å². The molecule has 6 rings (SSSR count). The third-order valence-corrected chi connectivity index (χ3v) is 10.3. The lowest BCUT2D eigenvalue weighted by atomic mass is 9.96. The van der Waals surface area contributed by atoms with Gasteiger partial charge in [-0.15, -0.1) is 0 Å². The number of carbonyl (C=O) groups is 2. The zero-order valence-electron chi connectivity index (χ0n) is 22.5. The van der Waals surface area contributed by atoms with E-state index in [2.05, 4.69) is 10.2 Å². The molecule has 0 aliphatic carbocycles. The molecule has 4 heterocycles. The third kappa shape index (κ3) is 5.71. The average Bonchev–Trinajstić information content (AvgIpc) is 3.27. The number of nitrogens with one attached hydrogen (secondary N) is 1. The van der Waals surface area contributed by atoms with Gasteiger partial charge < -0.3 is 4.90 Å². The molecule has 2 aromatic carbocycles. The van der Waals surface area contributed by atoms with Crippen LogP contribution >= 0.6 is 35.8 Å². The summed E-state index contributed by atoms with van der Waals surface area (Å²) < 4.78 is 31.3. The van der Waals surface area contributed by atoms with Crippen LogP contribution in [0.25, 0.3) is 0 Å². The zero-order valence-corrected chi connectivity index (χ0v) is 24.9. The van der Waals surface area contributed by atoms with E-state index in [1.165, 1.54) is 0 Å². The van der Waals surface area contributed by atoms with Crippen LogP contribution in [0.5, 0.6) is 0 Å². The van der Waals surface area contributed by atoms with Crippen molar-refractivity contribution >= 4 is 53.3 Å². The van der Waals surface area contributed by atoms with Gasteiger partial charge in [-0.05, 0) is 41.7 Å². The van der Waals surface area contributed by atoms with Crippen molar-refractivity contribution in [3.63, 3.8) is 0 Å². The summed E-state index contributed by atoms with van der Waals surface area (Å²) in [5.74, 6) is -3.40. The Morgan fingerprint density at radius 1 is 1.00 bits per heavy atom. The molecule has 0 bridgehead atoms. The molecule has 0 saturated carbocycles. The molecule has 3 unspecified atom stereocenters. The minimum absolute atomic E-state index is 0.254. The van der Waals surface area contributed by atoms with Crippen molar-refractivity contribution in [2.45, 2.75) is 55.7 Å². The molecule has 4 aliphatic heterocycles. The Hall–Kier alpha value is -1.95. The Labute approximate surface area is 254 Å². The SMILES string of the molecule is O=C1CCC(N2Cc3c(CN4CCC(N5CCN(c6cccc(Cl)c6Cl)CC5)C(F)(F)C4)cccc3C2S)C(=O)N1. The number of carbonyl (C=O) groups excluding carboxylic acids is 2. The van der Waals surface area contributed by atoms with E-state index in [-0.39, 0.29) is 23.7 Å². The number of halogens is 4. The number of piperazine rings is 1. The smallest absolute Gasteiger partial charge is 0.275 e. The van der Waals surface area contributed by atoms with Crippen molar-refractivity contribution in [2.75, 3.05) is 44.2 Å². The second kappa shape index (κ2) is 11.6. The molecule has 0 aromatic heterocycles. The third-order valence-electron chi connectivity index (χ3n) is 8.91. The summed E-state index contributed by atoms with van der Waals surface area (Å²) in [5, 5.41) is 3.12. The molecule has 0 spiro atoms. The highest BCUT2D eigenvalue weighted by Gasteiger charge is 2.48. The van der Waals surface area contributed by atoms with Gasteiger partial charge >= 0.3 is 0 Å². The van der Waals surface area contributed by atoms with E-state index in [1.807, 2.05) is 45.0 Å². The molecule has 41 heavy (non-hydrogen) atoms. The van der Waals surface area contributed by atoms with E-state index in [4.69, 9.17) is 35.8 Å². The summed E-state index contributed by atoms with van der Waals surface area (Å²) in [7, 11) is 0. The first-order chi connectivity index (χ1) is 19.6. The van der Waals surface area contributed by atoms with Gasteiger partial charge in [0.2, 0.25) is 11.8 Å². The number of thiol groups is 1. The van der Waals surface area contributed by atoms with Crippen LogP contribution < -0.4 is 10.2 Å². The molecule has 2 aromatic rings. The van der Waals surface area contributed by atoms with Crippen molar-refractivity contribution < 1.29 is 18.4 Å². The molecule has 220 valence electrons. The lowest BCUT2D eigenvalue weighted by Crippen LogP contribution is -2.61. The number of piperidine rings is 2. The first-order valence-electron chi connectivity index (χ1n) is 14.0. The standard InChI is InChI=1S/C29H33Cl2F2N5O2S/c30-21-5-2-6-22(26(21)31)36-11-13-37(14-12-36)24-9-10-35(17-29(24,32)33)15-18-3-1-4-19-20(18)16-38(28(19)41)23-7-8-25(39)34-27(23)40/h1-6,23-24,28,41H,7-17H2,(H,34,39,40). The molecule has 4 aliphatic rings. The van der Waals surface area contributed by atoms with Crippen LogP contribution in [0.3, 0.4) is 0 Å². The number of rotatable bonds is 5. The van der Waals surface area contributed by atoms with Crippen molar-refractivity contribution in [1.29, 1.82) is 0 Å². The van der Waals surface area contributed by atoms with Gasteiger partial charge in [0.1, 0.15) is 0 Å². The number of amides is 2. The van der Waals surface area contributed by atoms with Gasteiger partial charge in [0.05, 0.1) is 39.7 Å². The summed E-state index contributed by atoms with van der Waals surface area (Å²) in [6, 6.07) is 10.2. The first kappa shape index (κ1) is 29.1. The zero-order chi connectivity index (χ0) is 28.9. The van der Waals surface area contributed by atoms with Gasteiger partial charge in [-0.25, -0.2) is 8.78 Å². The van der Waals surface area contributed by atoms with Crippen LogP contribution in [-0.2, 0) is 22.7 Å². The van der Waals surface area contributed by atoms with Crippen LogP contribution in [0.15, 0.2) is 36.4 Å². The van der Waals surface area contributed by atoms with Crippen molar-refractivity contribution in [1.82, 2.24) is 20.0 Å². The van der Waals surface area contributed by atoms with Gasteiger partial charge in [-0.2, -0.15) is 12.6 Å². The molecule has 3 fully saturated rings. The second-order valence-electron chi connectivity index (χ2n) is 11.4. The quantitative estimate of drug-likeness (QED) is 0.376. The lowest BCUT2D eigenvalue weighted by Gasteiger charge is -2.47. The maximum absolute atomic E-state index is 15.6. The Bertz CT molecular complexity index is 1340. The molecule has 12 heteroatoms. The number of benzene rings is 2. The largest absolute Gasteiger partial charge is 0.368 e. The fraction of sp³-hybridized carbons (Fsp3) is 0.517. The number of hydrogen-bond donors (Lipinski definition) is 2. The highest BCUT2D eigenvalue weighted by Crippen LogP contribution is 2.42. The maximum atomic E-state index is 15.6. The number of nitrogens with zero attached hydrogens (tertiary/aromatic N) is 4. The van der Waals surface area contributed by atoms with E-state index in [1.54, 1.807) is 6.07 Å². The number of likely N-dealkylation sites (tertiary alicyclic amines) is 1. The Morgan fingerprint density at radius 3 is 2.49 bits per heavy atom. The van der Waals surface area contributed by atoms with E-state index in [0.717, 1.165) is 22.4 Å². The van der Waals surface area contributed by atoms with Crippen LogP contribution in [0, 0.1) is 0 Å². The summed E-state index contributed by atoms with van der Waals surface area (Å²) >= 11 is 17.4. The Morgan fingerprint density at radius 2 is 1.76 bits per heavy atom. The highest BCUT2D eigenvalue weighted by molar-refractivity contribution is 7.80. The minimum Gasteiger partial charge on any atom is -0.368 e. The fourth-order valence-electron chi connectivity index (χ4n) is 6.80. The number of alkyl halides is 2. The summed E-state index contributed by atoms with van der Waals surface area (Å²) in [6.45, 7) is 3.48. The van der Waals surface area contributed by atoms with Gasteiger partial charge in [-0.3, -0.25) is 29.6 Å². The minimum atomic E-state index is -2.85. The van der Waals surface area contributed by atoms with Crippen molar-refractivity contribution in [3.05, 3.63) is 63.1 Å². The van der Waals surface area contributed by atoms with Crippen LogP contribution in [-0.4, -0.2) is 83.8 Å². The molecule has 0 radical (unpaired) electrons. The van der Waals surface area contributed by atoms with Crippen LogP contribution in [0.2, 0.25) is 10.0 Å².